The van der Waals surface area contributed by atoms with Crippen LogP contribution in [0.3, 0.4) is 0 Å². The van der Waals surface area contributed by atoms with E-state index in [0.717, 1.165) is 5.56 Å². The van der Waals surface area contributed by atoms with Gasteiger partial charge in [-0.05, 0) is 11.6 Å². The molecular weight excluding hydrogens is 430 g/mol. The van der Waals surface area contributed by atoms with E-state index in [-0.39, 0.29) is 17.8 Å². The summed E-state index contributed by atoms with van der Waals surface area (Å²) in [4.78, 5) is 39.1. The smallest absolute Gasteiger partial charge is 0.304 e. The third kappa shape index (κ3) is 6.96. The van der Waals surface area contributed by atoms with Crippen molar-refractivity contribution in [1.82, 2.24) is 9.80 Å². The highest BCUT2D eigenvalue weighted by atomic mass is 16.6. The minimum atomic E-state index is -0.876. The number of hydrogen-bond donors (Lipinski definition) is 1. The minimum absolute atomic E-state index is 0.0103. The van der Waals surface area contributed by atoms with Crippen molar-refractivity contribution in [2.45, 2.75) is 13.0 Å². The van der Waals surface area contributed by atoms with Gasteiger partial charge in [-0.25, -0.2) is 0 Å². The van der Waals surface area contributed by atoms with Crippen LogP contribution in [-0.4, -0.2) is 76.5 Å². The molecule has 2 aromatic rings. The van der Waals surface area contributed by atoms with E-state index < -0.39 is 15.8 Å². The summed E-state index contributed by atoms with van der Waals surface area (Å²) in [7, 11) is 0. The number of rotatable bonds is 8. The molecule has 0 spiro atoms. The maximum absolute atomic E-state index is 11.6. The summed E-state index contributed by atoms with van der Waals surface area (Å²) in [6.45, 7) is 4.37. The van der Waals surface area contributed by atoms with Gasteiger partial charge in [-0.2, -0.15) is 0 Å². The van der Waals surface area contributed by atoms with Gasteiger partial charge in [0.15, 0.2) is 0 Å². The Morgan fingerprint density at radius 1 is 0.879 bits per heavy atom. The lowest BCUT2D eigenvalue weighted by Gasteiger charge is -2.27. The third-order valence-corrected chi connectivity index (χ3v) is 5.69. The fourth-order valence-corrected chi connectivity index (χ4v) is 3.93. The lowest BCUT2D eigenvalue weighted by molar-refractivity contribution is -0.385. The first-order valence-electron chi connectivity index (χ1n) is 10.7. The molecule has 1 saturated heterocycles. The van der Waals surface area contributed by atoms with Crippen molar-refractivity contribution in [3.8, 4) is 0 Å². The Kier molecular flexibility index (Phi) is 8.28. The quantitative estimate of drug-likeness (QED) is 0.469. The Morgan fingerprint density at radius 2 is 1.55 bits per heavy atom. The number of carboxylic acid groups (broad SMARTS) is 1. The summed E-state index contributed by atoms with van der Waals surface area (Å²) < 4.78 is 0. The monoisotopic (exact) mass is 457 g/mol. The highest BCUT2D eigenvalue weighted by Crippen LogP contribution is 2.28. The number of benzene rings is 2. The Labute approximate surface area is 191 Å². The average Bonchev–Trinajstić information content (AvgIpc) is 2.89. The molecule has 0 atom stereocenters. The van der Waals surface area contributed by atoms with E-state index >= 15 is 0 Å². The van der Waals surface area contributed by atoms with Gasteiger partial charge in [0.1, 0.15) is 5.69 Å². The number of carbonyl (C=O) groups is 1. The summed E-state index contributed by atoms with van der Waals surface area (Å²) in [5, 5.41) is 31.8. The lowest BCUT2D eigenvalue weighted by atomic mass is 10.2. The molecule has 1 aliphatic rings. The van der Waals surface area contributed by atoms with E-state index in [9.17, 15) is 25.0 Å². The van der Waals surface area contributed by atoms with Crippen LogP contribution in [0.4, 0.5) is 17.1 Å². The van der Waals surface area contributed by atoms with Gasteiger partial charge in [-0.3, -0.25) is 34.8 Å². The van der Waals surface area contributed by atoms with Crippen LogP contribution in [0.5, 0.6) is 0 Å². The molecule has 0 bridgehead atoms. The molecule has 3 rings (SSSR count). The summed E-state index contributed by atoms with van der Waals surface area (Å²) in [5.41, 5.74) is 1.39. The summed E-state index contributed by atoms with van der Waals surface area (Å²) >= 11 is 0. The van der Waals surface area contributed by atoms with Gasteiger partial charge < -0.3 is 10.0 Å². The second-order valence-corrected chi connectivity index (χ2v) is 7.92. The molecular formula is C22H27N5O6. The van der Waals surface area contributed by atoms with Crippen LogP contribution in [0.1, 0.15) is 12.0 Å². The second-order valence-electron chi connectivity index (χ2n) is 7.92. The first-order valence-corrected chi connectivity index (χ1v) is 10.7. The van der Waals surface area contributed by atoms with Gasteiger partial charge in [-0.15, -0.1) is 0 Å². The lowest BCUT2D eigenvalue weighted by Crippen LogP contribution is -2.37. The number of carboxylic acids is 1. The van der Waals surface area contributed by atoms with Crippen LogP contribution >= 0.6 is 0 Å². The molecule has 0 amide bonds. The van der Waals surface area contributed by atoms with Crippen molar-refractivity contribution in [3.05, 3.63) is 74.3 Å². The molecule has 0 aromatic heterocycles. The fourth-order valence-electron chi connectivity index (χ4n) is 3.93. The molecule has 33 heavy (non-hydrogen) atoms. The molecule has 1 aliphatic heterocycles. The van der Waals surface area contributed by atoms with Crippen LogP contribution in [0.15, 0.2) is 48.5 Å². The predicted molar refractivity (Wildman–Crippen MR) is 122 cm³/mol. The van der Waals surface area contributed by atoms with E-state index in [1.54, 1.807) is 30.3 Å². The fraction of sp³-hybridized carbons (Fsp3) is 0.409. The Bertz CT molecular complexity index is 1000. The minimum Gasteiger partial charge on any atom is -0.481 e. The van der Waals surface area contributed by atoms with Gasteiger partial charge in [0.05, 0.1) is 16.3 Å². The average molecular weight is 457 g/mol. The Hall–Kier alpha value is -3.57. The summed E-state index contributed by atoms with van der Waals surface area (Å²) in [6, 6.07) is 13.1. The molecule has 1 N–H and O–H groups in total. The number of aliphatic carboxylic acids is 1. The number of hydrogen-bond acceptors (Lipinski definition) is 8. The van der Waals surface area contributed by atoms with E-state index in [1.165, 1.54) is 12.1 Å². The molecule has 0 unspecified atom stereocenters. The SMILES string of the molecule is O=C(O)CCN1CCN(Cc2cccc([N+](=O)[O-])c2)CCN(c2ccccc2[N+](=O)[O-])CC1. The van der Waals surface area contributed by atoms with Gasteiger partial charge in [-0.1, -0.05) is 24.3 Å². The Morgan fingerprint density at radius 3 is 2.24 bits per heavy atom. The molecule has 0 radical (unpaired) electrons. The zero-order valence-electron chi connectivity index (χ0n) is 18.2. The van der Waals surface area contributed by atoms with Crippen molar-refractivity contribution in [3.63, 3.8) is 0 Å². The van der Waals surface area contributed by atoms with Crippen molar-refractivity contribution < 1.29 is 19.7 Å². The molecule has 2 aromatic carbocycles. The zero-order chi connectivity index (χ0) is 23.8. The van der Waals surface area contributed by atoms with Crippen LogP contribution in [0.25, 0.3) is 0 Å². The Balaban J connectivity index is 1.82. The van der Waals surface area contributed by atoms with Crippen LogP contribution in [0.2, 0.25) is 0 Å². The van der Waals surface area contributed by atoms with Crippen molar-refractivity contribution in [1.29, 1.82) is 0 Å². The maximum atomic E-state index is 11.6. The largest absolute Gasteiger partial charge is 0.481 e. The molecule has 1 heterocycles. The first kappa shape index (κ1) is 24.1. The van der Waals surface area contributed by atoms with Crippen LogP contribution in [-0.2, 0) is 11.3 Å². The van der Waals surface area contributed by atoms with E-state index in [1.807, 2.05) is 15.9 Å². The standard InChI is InChI=1S/C22H27N5O6/c28-22(29)8-9-23-10-11-24(17-18-4-3-5-19(16-18)26(30)31)13-15-25(14-12-23)20-6-1-2-7-21(20)27(32)33/h1-7,16H,8-15,17H2,(H,28,29). The first-order chi connectivity index (χ1) is 15.8. The van der Waals surface area contributed by atoms with Gasteiger partial charge in [0.2, 0.25) is 0 Å². The number of nitro groups is 2. The third-order valence-electron chi connectivity index (χ3n) is 5.69. The molecule has 11 nitrogen and oxygen atoms in total. The number of nitro benzene ring substituents is 2. The van der Waals surface area contributed by atoms with E-state index in [2.05, 4.69) is 4.90 Å². The highest BCUT2D eigenvalue weighted by molar-refractivity contribution is 5.66. The normalized spacial score (nSPS) is 15.9. The van der Waals surface area contributed by atoms with Crippen LogP contribution < -0.4 is 4.90 Å². The number of para-hydroxylation sites is 2. The number of non-ortho nitro benzene ring substituents is 1. The molecule has 11 heteroatoms. The van der Waals surface area contributed by atoms with Gasteiger partial charge in [0, 0.05) is 70.6 Å². The molecule has 0 saturated carbocycles. The van der Waals surface area contributed by atoms with Crippen molar-refractivity contribution in [2.75, 3.05) is 50.7 Å². The molecule has 0 aliphatic carbocycles. The zero-order valence-corrected chi connectivity index (χ0v) is 18.2. The van der Waals surface area contributed by atoms with Crippen molar-refractivity contribution in [2.24, 2.45) is 0 Å². The highest BCUT2D eigenvalue weighted by Gasteiger charge is 2.22. The van der Waals surface area contributed by atoms with Gasteiger partial charge >= 0.3 is 5.97 Å². The predicted octanol–water partition coefficient (Wildman–Crippen LogP) is 2.60. The maximum Gasteiger partial charge on any atom is 0.304 e. The van der Waals surface area contributed by atoms with Crippen LogP contribution in [0, 0.1) is 20.2 Å². The number of nitrogens with zero attached hydrogens (tertiary/aromatic N) is 5. The van der Waals surface area contributed by atoms with E-state index in [0.29, 0.717) is 58.0 Å². The second kappa shape index (κ2) is 11.3. The van der Waals surface area contributed by atoms with E-state index in [4.69, 9.17) is 5.11 Å². The summed E-state index contributed by atoms with van der Waals surface area (Å²) in [5.74, 6) is -0.876. The van der Waals surface area contributed by atoms with Crippen molar-refractivity contribution >= 4 is 23.0 Å². The number of anilines is 1. The molecule has 176 valence electrons. The topological polar surface area (TPSA) is 133 Å². The summed E-state index contributed by atoms with van der Waals surface area (Å²) in [6.07, 6.45) is 0.0103. The molecule has 1 fully saturated rings. The van der Waals surface area contributed by atoms with Gasteiger partial charge in [0.25, 0.3) is 11.4 Å².